The molecule has 3 rings (SSSR count). The first-order chi connectivity index (χ1) is 11.9. The molecule has 1 amide bonds. The van der Waals surface area contributed by atoms with E-state index in [9.17, 15) is 22.4 Å². The minimum Gasteiger partial charge on any atom is -0.436 e. The Hall–Kier alpha value is -2.64. The fourth-order valence-electron chi connectivity index (χ4n) is 2.50. The molecule has 132 valence electrons. The van der Waals surface area contributed by atoms with Crippen molar-refractivity contribution in [2.75, 3.05) is 0 Å². The smallest absolute Gasteiger partial charge is 0.263 e. The van der Waals surface area contributed by atoms with Crippen LogP contribution in [0.2, 0.25) is 0 Å². The maximum absolute atomic E-state index is 13.8. The van der Waals surface area contributed by atoms with Crippen molar-refractivity contribution in [2.45, 2.75) is 32.1 Å². The topological polar surface area (TPSA) is 42.4 Å². The van der Waals surface area contributed by atoms with Crippen LogP contribution in [0.25, 0.3) is 0 Å². The molecule has 1 saturated heterocycles. The third-order valence-corrected chi connectivity index (χ3v) is 3.83. The number of carbonyl (C=O) groups is 1. The van der Waals surface area contributed by atoms with Crippen molar-refractivity contribution in [3.8, 4) is 11.6 Å². The number of halogens is 4. The number of amides is 1. The Labute approximate surface area is 141 Å². The fourth-order valence-corrected chi connectivity index (χ4v) is 2.50. The summed E-state index contributed by atoms with van der Waals surface area (Å²) in [6.45, 7) is 0.0880. The van der Waals surface area contributed by atoms with Gasteiger partial charge in [-0.15, -0.1) is 0 Å². The Balaban J connectivity index is 1.68. The number of ether oxygens (including phenoxy) is 1. The van der Waals surface area contributed by atoms with E-state index in [-0.39, 0.29) is 36.9 Å². The van der Waals surface area contributed by atoms with Gasteiger partial charge in [-0.3, -0.25) is 4.79 Å². The molecule has 1 fully saturated rings. The normalized spacial score (nSPS) is 17.4. The molecule has 0 radical (unpaired) electrons. The summed E-state index contributed by atoms with van der Waals surface area (Å²) in [5.41, 5.74) is 0.156. The highest BCUT2D eigenvalue weighted by molar-refractivity contribution is 5.78. The van der Waals surface area contributed by atoms with E-state index in [1.807, 2.05) is 0 Å². The van der Waals surface area contributed by atoms with E-state index in [1.54, 1.807) is 6.07 Å². The Morgan fingerprint density at radius 1 is 1.28 bits per heavy atom. The van der Waals surface area contributed by atoms with Gasteiger partial charge in [0.15, 0.2) is 17.9 Å². The van der Waals surface area contributed by atoms with E-state index in [0.717, 1.165) is 17.0 Å². The summed E-state index contributed by atoms with van der Waals surface area (Å²) in [7, 11) is 0. The van der Waals surface area contributed by atoms with Crippen LogP contribution < -0.4 is 4.74 Å². The molecule has 1 aromatic heterocycles. The minimum absolute atomic E-state index is 0.0528. The van der Waals surface area contributed by atoms with Gasteiger partial charge in [-0.2, -0.15) is 0 Å². The molecule has 1 aliphatic rings. The molecule has 1 atom stereocenters. The highest BCUT2D eigenvalue weighted by Gasteiger charge is 2.30. The van der Waals surface area contributed by atoms with E-state index in [4.69, 9.17) is 4.74 Å². The summed E-state index contributed by atoms with van der Waals surface area (Å²) < 4.78 is 57.6. The van der Waals surface area contributed by atoms with Crippen molar-refractivity contribution < 1.29 is 27.1 Å². The summed E-state index contributed by atoms with van der Waals surface area (Å²) in [5, 5.41) is 0. The predicted molar refractivity (Wildman–Crippen MR) is 80.3 cm³/mol. The lowest BCUT2D eigenvalue weighted by Gasteiger charge is -2.18. The van der Waals surface area contributed by atoms with Crippen molar-refractivity contribution in [2.24, 2.45) is 0 Å². The van der Waals surface area contributed by atoms with Crippen LogP contribution >= 0.6 is 0 Å². The molecule has 2 aromatic rings. The van der Waals surface area contributed by atoms with Crippen molar-refractivity contribution in [1.29, 1.82) is 0 Å². The van der Waals surface area contributed by atoms with Crippen LogP contribution in [0.5, 0.6) is 11.6 Å². The van der Waals surface area contributed by atoms with Crippen LogP contribution in [-0.4, -0.2) is 22.1 Å². The van der Waals surface area contributed by atoms with Gasteiger partial charge in [-0.25, -0.2) is 22.5 Å². The number of hydrogen-bond donors (Lipinski definition) is 0. The van der Waals surface area contributed by atoms with E-state index < -0.39 is 24.1 Å². The van der Waals surface area contributed by atoms with E-state index in [1.165, 1.54) is 12.3 Å². The second-order valence-corrected chi connectivity index (χ2v) is 5.59. The Bertz CT molecular complexity index is 768. The van der Waals surface area contributed by atoms with Crippen LogP contribution in [0.3, 0.4) is 0 Å². The number of nitrogens with zero attached hydrogens (tertiary/aromatic N) is 2. The molecule has 25 heavy (non-hydrogen) atoms. The molecule has 8 heteroatoms. The van der Waals surface area contributed by atoms with Gasteiger partial charge in [0.05, 0.1) is 0 Å². The van der Waals surface area contributed by atoms with Gasteiger partial charge in [-0.05, 0) is 23.8 Å². The van der Waals surface area contributed by atoms with Gasteiger partial charge >= 0.3 is 0 Å². The second-order valence-electron chi connectivity index (χ2n) is 5.59. The summed E-state index contributed by atoms with van der Waals surface area (Å²) in [5.74, 6) is -1.36. The first-order valence-electron chi connectivity index (χ1n) is 7.58. The lowest BCUT2D eigenvalue weighted by atomic mass is 10.2. The number of likely N-dealkylation sites (tertiary alicyclic amines) is 1. The maximum atomic E-state index is 13.8. The summed E-state index contributed by atoms with van der Waals surface area (Å²) in [4.78, 5) is 16.6. The van der Waals surface area contributed by atoms with Crippen LogP contribution in [0.15, 0.2) is 36.5 Å². The lowest BCUT2D eigenvalue weighted by molar-refractivity contribution is -0.131. The van der Waals surface area contributed by atoms with Gasteiger partial charge in [0.1, 0.15) is 0 Å². The van der Waals surface area contributed by atoms with Crippen LogP contribution in [0.1, 0.15) is 30.4 Å². The number of rotatable bonds is 5. The molecule has 4 nitrogen and oxygen atoms in total. The zero-order valence-electron chi connectivity index (χ0n) is 13.0. The van der Waals surface area contributed by atoms with Crippen molar-refractivity contribution >= 4 is 5.91 Å². The molecule has 1 aliphatic heterocycles. The van der Waals surface area contributed by atoms with Crippen molar-refractivity contribution in [3.63, 3.8) is 0 Å². The van der Waals surface area contributed by atoms with Gasteiger partial charge in [0.25, 0.3) is 6.43 Å². The van der Waals surface area contributed by atoms with Crippen molar-refractivity contribution in [3.05, 3.63) is 53.5 Å². The molecule has 0 N–H and O–H groups in total. The number of aromatic nitrogens is 1. The molecule has 2 heterocycles. The molecule has 0 bridgehead atoms. The maximum Gasteiger partial charge on any atom is 0.263 e. The van der Waals surface area contributed by atoms with E-state index in [2.05, 4.69) is 4.98 Å². The number of carbonyl (C=O) groups excluding carboxylic acids is 1. The van der Waals surface area contributed by atoms with E-state index in [0.29, 0.717) is 11.6 Å². The number of alkyl halides is 3. The highest BCUT2D eigenvalue weighted by atomic mass is 19.3. The third-order valence-electron chi connectivity index (χ3n) is 3.83. The van der Waals surface area contributed by atoms with Crippen LogP contribution in [0, 0.1) is 5.82 Å². The number of benzene rings is 1. The number of pyridine rings is 1. The molecular formula is C17H14F4N2O2. The quantitative estimate of drug-likeness (QED) is 0.592. The molecule has 1 aromatic carbocycles. The highest BCUT2D eigenvalue weighted by Crippen LogP contribution is 2.28. The molecule has 0 unspecified atom stereocenters. The summed E-state index contributed by atoms with van der Waals surface area (Å²) >= 11 is 0. The first-order valence-corrected chi connectivity index (χ1v) is 7.58. The van der Waals surface area contributed by atoms with Gasteiger partial charge < -0.3 is 9.64 Å². The Kier molecular flexibility index (Phi) is 4.87. The third kappa shape index (κ3) is 3.89. The monoisotopic (exact) mass is 354 g/mol. The predicted octanol–water partition coefficient (Wildman–Crippen LogP) is 4.37. The number of hydrogen-bond acceptors (Lipinski definition) is 3. The average molecular weight is 354 g/mol. The summed E-state index contributed by atoms with van der Waals surface area (Å²) in [6, 6.07) is 5.88. The standard InChI is InChI=1S/C17H14F4N2O2/c18-12-7-11(17(20)21)2-3-13(12)25-15-5-1-10(8-22-15)9-23-14(19)4-6-16(23)24/h1-3,5,7-8,14,17H,4,6,9H2/t14-/m1/s1. The van der Waals surface area contributed by atoms with Crippen molar-refractivity contribution in [1.82, 2.24) is 9.88 Å². The molecular weight excluding hydrogens is 340 g/mol. The molecule has 0 spiro atoms. The fraction of sp³-hybridized carbons (Fsp3) is 0.294. The molecule has 0 aliphatic carbocycles. The average Bonchev–Trinajstić information content (AvgIpc) is 2.90. The van der Waals surface area contributed by atoms with Gasteiger partial charge in [-0.1, -0.05) is 6.07 Å². The van der Waals surface area contributed by atoms with E-state index >= 15 is 0 Å². The Morgan fingerprint density at radius 3 is 2.64 bits per heavy atom. The first kappa shape index (κ1) is 17.2. The zero-order valence-corrected chi connectivity index (χ0v) is 13.0. The molecule has 0 saturated carbocycles. The zero-order chi connectivity index (χ0) is 18.0. The summed E-state index contributed by atoms with van der Waals surface area (Å²) in [6.07, 6.45) is -2.32. The second kappa shape index (κ2) is 7.08. The van der Waals surface area contributed by atoms with Gasteiger partial charge in [0, 0.05) is 37.2 Å². The Morgan fingerprint density at radius 2 is 2.08 bits per heavy atom. The lowest BCUT2D eigenvalue weighted by Crippen LogP contribution is -2.29. The van der Waals surface area contributed by atoms with Gasteiger partial charge in [0.2, 0.25) is 11.8 Å². The largest absolute Gasteiger partial charge is 0.436 e. The van der Waals surface area contributed by atoms with Crippen LogP contribution in [-0.2, 0) is 11.3 Å². The minimum atomic E-state index is -2.77. The SMILES string of the molecule is O=C1CC[C@H](F)N1Cc1ccc(Oc2ccc(C(F)F)cc2F)nc1. The van der Waals surface area contributed by atoms with Crippen LogP contribution in [0.4, 0.5) is 17.6 Å².